The fraction of sp³-hybridized carbons (Fsp3) is 0.350. The number of anilines is 1. The van der Waals surface area contributed by atoms with Crippen molar-refractivity contribution in [1.29, 1.82) is 0 Å². The monoisotopic (exact) mass is 492 g/mol. The Morgan fingerprint density at radius 2 is 1.75 bits per heavy atom. The van der Waals surface area contributed by atoms with E-state index < -0.39 is 38.1 Å². The molecule has 172 valence electrons. The zero-order valence-electron chi connectivity index (χ0n) is 16.5. The lowest BCUT2D eigenvalue weighted by Gasteiger charge is -2.37. The highest BCUT2D eigenvalue weighted by Gasteiger charge is 2.37. The topological polar surface area (TPSA) is 66.9 Å². The molecule has 2 aliphatic heterocycles. The largest absolute Gasteiger partial charge is 0.491 e. The summed E-state index contributed by atoms with van der Waals surface area (Å²) in [6.07, 6.45) is -4.36. The SMILES string of the molecule is O=C(c1ccc(F)cc1C(F)(F)F)N1CCN(c2cc(S(=O)(=O)Cl)cc3c2OCC3)CC1. The standard InChI is InChI=1S/C20H17ClF4N2O4S/c21-32(29,30)14-9-12-3-8-31-18(12)17(11-14)26-4-6-27(7-5-26)19(28)15-2-1-13(22)10-16(15)20(23,24)25/h1-2,9-11H,3-8H2. The Labute approximate surface area is 185 Å². The molecule has 0 saturated carbocycles. The molecule has 0 atom stereocenters. The first-order valence-corrected chi connectivity index (χ1v) is 11.9. The van der Waals surface area contributed by atoms with E-state index in [1.807, 2.05) is 0 Å². The molecule has 2 aliphatic rings. The molecule has 0 N–H and O–H groups in total. The number of carbonyl (C=O) groups excluding carboxylic acids is 1. The Bertz CT molecular complexity index is 1180. The van der Waals surface area contributed by atoms with E-state index >= 15 is 0 Å². The predicted octanol–water partition coefficient (Wildman–Crippen LogP) is 3.67. The molecule has 2 heterocycles. The molecule has 1 fully saturated rings. The summed E-state index contributed by atoms with van der Waals surface area (Å²) in [7, 11) is 1.53. The second-order valence-corrected chi connectivity index (χ2v) is 10.00. The zero-order chi connectivity index (χ0) is 23.3. The summed E-state index contributed by atoms with van der Waals surface area (Å²) in [5.41, 5.74) is -0.742. The summed E-state index contributed by atoms with van der Waals surface area (Å²) in [6, 6.07) is 4.81. The van der Waals surface area contributed by atoms with Crippen LogP contribution in [-0.4, -0.2) is 52.0 Å². The van der Waals surface area contributed by atoms with E-state index in [0.717, 1.165) is 12.1 Å². The maximum absolute atomic E-state index is 13.4. The summed E-state index contributed by atoms with van der Waals surface area (Å²) >= 11 is 0. The molecular formula is C20H17ClF4N2O4S. The smallest absolute Gasteiger partial charge is 0.417 e. The molecule has 2 aromatic carbocycles. The van der Waals surface area contributed by atoms with Crippen molar-refractivity contribution in [3.8, 4) is 5.75 Å². The van der Waals surface area contributed by atoms with Gasteiger partial charge >= 0.3 is 6.18 Å². The average molecular weight is 493 g/mol. The van der Waals surface area contributed by atoms with Crippen LogP contribution in [0.4, 0.5) is 23.2 Å². The zero-order valence-corrected chi connectivity index (χ0v) is 18.0. The van der Waals surface area contributed by atoms with Crippen molar-refractivity contribution >= 4 is 31.3 Å². The molecule has 0 radical (unpaired) electrons. The van der Waals surface area contributed by atoms with Crippen LogP contribution >= 0.6 is 10.7 Å². The average Bonchev–Trinajstić information content (AvgIpc) is 3.20. The Morgan fingerprint density at radius 1 is 1.06 bits per heavy atom. The van der Waals surface area contributed by atoms with Crippen LogP contribution in [0.3, 0.4) is 0 Å². The third kappa shape index (κ3) is 4.36. The third-order valence-corrected chi connectivity index (χ3v) is 6.78. The number of carbonyl (C=O) groups is 1. The van der Waals surface area contributed by atoms with Gasteiger partial charge in [0.2, 0.25) is 0 Å². The molecule has 0 bridgehead atoms. The number of rotatable bonds is 3. The van der Waals surface area contributed by atoms with Gasteiger partial charge in [-0.15, -0.1) is 0 Å². The van der Waals surface area contributed by atoms with Crippen LogP contribution in [0.25, 0.3) is 0 Å². The van der Waals surface area contributed by atoms with Gasteiger partial charge in [-0.3, -0.25) is 4.79 Å². The van der Waals surface area contributed by atoms with Gasteiger partial charge in [0.25, 0.3) is 15.0 Å². The minimum absolute atomic E-state index is 0.0712. The van der Waals surface area contributed by atoms with Gasteiger partial charge in [0, 0.05) is 48.8 Å². The van der Waals surface area contributed by atoms with E-state index in [9.17, 15) is 30.8 Å². The number of ether oxygens (including phenoxy) is 1. The van der Waals surface area contributed by atoms with Crippen LogP contribution in [0.2, 0.25) is 0 Å². The Hall–Kier alpha value is -2.53. The summed E-state index contributed by atoms with van der Waals surface area (Å²) in [6.45, 7) is 1.02. The maximum atomic E-state index is 13.4. The van der Waals surface area contributed by atoms with Crippen molar-refractivity contribution in [3.05, 3.63) is 52.8 Å². The first-order valence-electron chi connectivity index (χ1n) is 9.60. The lowest BCUT2D eigenvalue weighted by atomic mass is 10.0. The van der Waals surface area contributed by atoms with Crippen molar-refractivity contribution in [2.75, 3.05) is 37.7 Å². The van der Waals surface area contributed by atoms with Crippen molar-refractivity contribution in [2.24, 2.45) is 0 Å². The molecule has 2 aromatic rings. The number of amides is 1. The van der Waals surface area contributed by atoms with E-state index in [2.05, 4.69) is 0 Å². The van der Waals surface area contributed by atoms with Crippen LogP contribution in [-0.2, 0) is 21.6 Å². The van der Waals surface area contributed by atoms with Crippen LogP contribution in [0.15, 0.2) is 35.2 Å². The second-order valence-electron chi connectivity index (χ2n) is 7.43. The van der Waals surface area contributed by atoms with Crippen molar-refractivity contribution < 1.29 is 35.5 Å². The number of hydrogen-bond donors (Lipinski definition) is 0. The van der Waals surface area contributed by atoms with Gasteiger partial charge < -0.3 is 14.5 Å². The highest BCUT2D eigenvalue weighted by molar-refractivity contribution is 8.13. The normalized spacial score (nSPS) is 16.7. The quantitative estimate of drug-likeness (QED) is 0.483. The lowest BCUT2D eigenvalue weighted by Crippen LogP contribution is -2.49. The number of halogens is 5. The Kier molecular flexibility index (Phi) is 5.74. The molecule has 32 heavy (non-hydrogen) atoms. The maximum Gasteiger partial charge on any atom is 0.417 e. The summed E-state index contributed by atoms with van der Waals surface area (Å²) < 4.78 is 82.5. The molecule has 12 heteroatoms. The lowest BCUT2D eigenvalue weighted by molar-refractivity contribution is -0.138. The highest BCUT2D eigenvalue weighted by atomic mass is 35.7. The number of nitrogens with zero attached hydrogens (tertiary/aromatic N) is 2. The molecule has 0 spiro atoms. The van der Waals surface area contributed by atoms with E-state index in [1.54, 1.807) is 4.90 Å². The van der Waals surface area contributed by atoms with Gasteiger partial charge in [-0.25, -0.2) is 12.8 Å². The van der Waals surface area contributed by atoms with Crippen LogP contribution in [0.1, 0.15) is 21.5 Å². The fourth-order valence-corrected chi connectivity index (χ4v) is 4.70. The van der Waals surface area contributed by atoms with E-state index in [1.165, 1.54) is 17.0 Å². The summed E-state index contributed by atoms with van der Waals surface area (Å²) in [4.78, 5) is 15.7. The third-order valence-electron chi connectivity index (χ3n) is 5.44. The number of fused-ring (bicyclic) bond motifs is 1. The highest BCUT2D eigenvalue weighted by Crippen LogP contribution is 2.40. The summed E-state index contributed by atoms with van der Waals surface area (Å²) in [5.74, 6) is -1.40. The fourth-order valence-electron chi connectivity index (χ4n) is 3.89. The predicted molar refractivity (Wildman–Crippen MR) is 108 cm³/mol. The minimum atomic E-state index is -4.87. The molecular weight excluding hydrogens is 476 g/mol. The van der Waals surface area contributed by atoms with E-state index in [4.69, 9.17) is 15.4 Å². The number of hydrogen-bond acceptors (Lipinski definition) is 5. The Balaban J connectivity index is 1.56. The van der Waals surface area contributed by atoms with Gasteiger partial charge in [0.1, 0.15) is 11.6 Å². The van der Waals surface area contributed by atoms with Crippen LogP contribution < -0.4 is 9.64 Å². The molecule has 6 nitrogen and oxygen atoms in total. The van der Waals surface area contributed by atoms with Crippen LogP contribution in [0.5, 0.6) is 5.75 Å². The molecule has 0 aromatic heterocycles. The van der Waals surface area contributed by atoms with E-state index in [0.29, 0.717) is 36.1 Å². The Morgan fingerprint density at radius 3 is 2.38 bits per heavy atom. The van der Waals surface area contributed by atoms with Gasteiger partial charge in [-0.1, -0.05) is 0 Å². The van der Waals surface area contributed by atoms with Gasteiger partial charge in [0.15, 0.2) is 0 Å². The van der Waals surface area contributed by atoms with Gasteiger partial charge in [-0.05, 0) is 30.3 Å². The molecule has 0 aliphatic carbocycles. The first-order chi connectivity index (χ1) is 14.9. The molecule has 0 unspecified atom stereocenters. The molecule has 1 amide bonds. The summed E-state index contributed by atoms with van der Waals surface area (Å²) in [5, 5.41) is 0. The van der Waals surface area contributed by atoms with Gasteiger partial charge in [-0.2, -0.15) is 13.2 Å². The minimum Gasteiger partial charge on any atom is -0.491 e. The van der Waals surface area contributed by atoms with Crippen molar-refractivity contribution in [1.82, 2.24) is 4.90 Å². The van der Waals surface area contributed by atoms with Crippen molar-refractivity contribution in [3.63, 3.8) is 0 Å². The molecule has 1 saturated heterocycles. The van der Waals surface area contributed by atoms with E-state index in [-0.39, 0.29) is 31.1 Å². The van der Waals surface area contributed by atoms with Crippen LogP contribution in [0, 0.1) is 5.82 Å². The number of benzene rings is 2. The first kappa shape index (κ1) is 22.7. The molecule has 4 rings (SSSR count). The van der Waals surface area contributed by atoms with Gasteiger partial charge in [0.05, 0.1) is 28.3 Å². The van der Waals surface area contributed by atoms with Crippen molar-refractivity contribution in [2.45, 2.75) is 17.5 Å². The second kappa shape index (κ2) is 8.11. The number of alkyl halides is 3. The number of piperazine rings is 1.